The molecule has 21 heavy (non-hydrogen) atoms. The van der Waals surface area contributed by atoms with Crippen LogP contribution in [0.3, 0.4) is 0 Å². The molecule has 0 bridgehead atoms. The SMILES string of the molecule is O=CNCCc1cn(Cc2ccccc2)c2ccccc12. The van der Waals surface area contributed by atoms with Crippen LogP contribution >= 0.6 is 0 Å². The van der Waals surface area contributed by atoms with Gasteiger partial charge in [0.05, 0.1) is 0 Å². The van der Waals surface area contributed by atoms with Gasteiger partial charge in [0.2, 0.25) is 6.41 Å². The van der Waals surface area contributed by atoms with E-state index in [9.17, 15) is 4.79 Å². The number of aromatic nitrogens is 1. The van der Waals surface area contributed by atoms with E-state index in [0.717, 1.165) is 19.4 Å². The first-order valence-electron chi connectivity index (χ1n) is 7.16. The van der Waals surface area contributed by atoms with E-state index in [-0.39, 0.29) is 0 Å². The zero-order valence-electron chi connectivity index (χ0n) is 11.8. The van der Waals surface area contributed by atoms with E-state index in [2.05, 4.69) is 64.6 Å². The number of benzene rings is 2. The molecule has 0 aliphatic heterocycles. The maximum atomic E-state index is 10.4. The van der Waals surface area contributed by atoms with Crippen LogP contribution < -0.4 is 5.32 Å². The first kappa shape index (κ1) is 13.4. The van der Waals surface area contributed by atoms with Crippen LogP contribution in [0.4, 0.5) is 0 Å². The van der Waals surface area contributed by atoms with Crippen LogP contribution in [-0.4, -0.2) is 17.5 Å². The fourth-order valence-electron chi connectivity index (χ4n) is 2.70. The number of hydrogen-bond donors (Lipinski definition) is 1. The molecule has 0 radical (unpaired) electrons. The molecule has 3 nitrogen and oxygen atoms in total. The van der Waals surface area contributed by atoms with Gasteiger partial charge in [-0.3, -0.25) is 4.79 Å². The van der Waals surface area contributed by atoms with Crippen molar-refractivity contribution in [3.8, 4) is 0 Å². The number of nitrogens with zero attached hydrogens (tertiary/aromatic N) is 1. The number of carbonyl (C=O) groups is 1. The van der Waals surface area contributed by atoms with Crippen molar-refractivity contribution in [3.63, 3.8) is 0 Å². The minimum atomic E-state index is 0.669. The summed E-state index contributed by atoms with van der Waals surface area (Å²) in [5.41, 5.74) is 3.80. The number of nitrogens with one attached hydrogen (secondary N) is 1. The summed E-state index contributed by atoms with van der Waals surface area (Å²) in [4.78, 5) is 10.4. The van der Waals surface area contributed by atoms with Gasteiger partial charge in [0.1, 0.15) is 0 Å². The molecule has 1 amide bonds. The van der Waals surface area contributed by atoms with Crippen LogP contribution in [0.2, 0.25) is 0 Å². The van der Waals surface area contributed by atoms with Gasteiger partial charge < -0.3 is 9.88 Å². The molecule has 0 fully saturated rings. The van der Waals surface area contributed by atoms with Gasteiger partial charge in [0, 0.05) is 30.2 Å². The summed E-state index contributed by atoms with van der Waals surface area (Å²) in [6.45, 7) is 1.53. The lowest BCUT2D eigenvalue weighted by molar-refractivity contribution is -0.109. The molecule has 0 unspecified atom stereocenters. The highest BCUT2D eigenvalue weighted by Gasteiger charge is 2.08. The summed E-state index contributed by atoms with van der Waals surface area (Å²) in [7, 11) is 0. The molecule has 3 rings (SSSR count). The second kappa shape index (κ2) is 6.27. The lowest BCUT2D eigenvalue weighted by Gasteiger charge is -2.05. The summed E-state index contributed by atoms with van der Waals surface area (Å²) < 4.78 is 2.28. The molecule has 0 aliphatic rings. The van der Waals surface area contributed by atoms with Crippen LogP contribution in [0, 0.1) is 0 Å². The average Bonchev–Trinajstić information content (AvgIpc) is 2.87. The number of carbonyl (C=O) groups excluding carboxylic acids is 1. The zero-order valence-corrected chi connectivity index (χ0v) is 11.8. The molecule has 0 spiro atoms. The Morgan fingerprint density at radius 2 is 1.76 bits per heavy atom. The Labute approximate surface area is 124 Å². The minimum absolute atomic E-state index is 0.669. The van der Waals surface area contributed by atoms with E-state index >= 15 is 0 Å². The Hall–Kier alpha value is -2.55. The molecule has 3 aromatic rings. The molecule has 106 valence electrons. The van der Waals surface area contributed by atoms with E-state index < -0.39 is 0 Å². The van der Waals surface area contributed by atoms with Gasteiger partial charge in [-0.1, -0.05) is 48.5 Å². The van der Waals surface area contributed by atoms with Gasteiger partial charge in [0.25, 0.3) is 0 Å². The van der Waals surface area contributed by atoms with Gasteiger partial charge in [-0.05, 0) is 23.6 Å². The summed E-state index contributed by atoms with van der Waals surface area (Å²) in [6, 6.07) is 18.9. The normalized spacial score (nSPS) is 10.7. The van der Waals surface area contributed by atoms with Crippen LogP contribution in [-0.2, 0) is 17.8 Å². The summed E-state index contributed by atoms with van der Waals surface area (Å²) >= 11 is 0. The Balaban J connectivity index is 1.93. The number of fused-ring (bicyclic) bond motifs is 1. The minimum Gasteiger partial charge on any atom is -0.358 e. The number of amides is 1. The van der Waals surface area contributed by atoms with Gasteiger partial charge in [0.15, 0.2) is 0 Å². The van der Waals surface area contributed by atoms with Crippen LogP contribution in [0.1, 0.15) is 11.1 Å². The molecule has 0 saturated carbocycles. The Bertz CT molecular complexity index is 731. The molecular formula is C18H18N2O. The predicted molar refractivity (Wildman–Crippen MR) is 85.3 cm³/mol. The lowest BCUT2D eigenvalue weighted by Crippen LogP contribution is -2.14. The first-order valence-corrected chi connectivity index (χ1v) is 7.16. The number of hydrogen-bond acceptors (Lipinski definition) is 1. The Kier molecular flexibility index (Phi) is 4.01. The molecule has 2 aromatic carbocycles. The fraction of sp³-hybridized carbons (Fsp3) is 0.167. The lowest BCUT2D eigenvalue weighted by atomic mass is 10.1. The monoisotopic (exact) mass is 278 g/mol. The van der Waals surface area contributed by atoms with E-state index in [1.54, 1.807) is 0 Å². The highest BCUT2D eigenvalue weighted by molar-refractivity contribution is 5.84. The van der Waals surface area contributed by atoms with Gasteiger partial charge in [-0.25, -0.2) is 0 Å². The van der Waals surface area contributed by atoms with Crippen molar-refractivity contribution in [2.45, 2.75) is 13.0 Å². The van der Waals surface area contributed by atoms with Crippen molar-refractivity contribution < 1.29 is 4.79 Å². The molecule has 3 heteroatoms. The van der Waals surface area contributed by atoms with Gasteiger partial charge >= 0.3 is 0 Å². The van der Waals surface area contributed by atoms with Crippen LogP contribution in [0.25, 0.3) is 10.9 Å². The summed E-state index contributed by atoms with van der Waals surface area (Å²) in [5.74, 6) is 0. The first-order chi connectivity index (χ1) is 10.4. The molecule has 1 N–H and O–H groups in total. The molecule has 1 heterocycles. The summed E-state index contributed by atoms with van der Waals surface area (Å²) in [6.07, 6.45) is 3.80. The largest absolute Gasteiger partial charge is 0.358 e. The van der Waals surface area contributed by atoms with Crippen LogP contribution in [0.5, 0.6) is 0 Å². The molecule has 0 atom stereocenters. The number of para-hydroxylation sites is 1. The third-order valence-corrected chi connectivity index (χ3v) is 3.69. The molecule has 1 aromatic heterocycles. The fourth-order valence-corrected chi connectivity index (χ4v) is 2.70. The van der Waals surface area contributed by atoms with E-state index in [1.165, 1.54) is 22.0 Å². The van der Waals surface area contributed by atoms with Crippen molar-refractivity contribution >= 4 is 17.3 Å². The van der Waals surface area contributed by atoms with Crippen LogP contribution in [0.15, 0.2) is 60.8 Å². The maximum Gasteiger partial charge on any atom is 0.207 e. The third-order valence-electron chi connectivity index (χ3n) is 3.69. The van der Waals surface area contributed by atoms with E-state index in [4.69, 9.17) is 0 Å². The molecule has 0 saturated heterocycles. The Morgan fingerprint density at radius 3 is 2.57 bits per heavy atom. The quantitative estimate of drug-likeness (QED) is 0.546. The standard InChI is InChI=1S/C18H18N2O/c21-14-19-11-10-16-13-20(12-15-6-2-1-3-7-15)18-9-5-4-8-17(16)18/h1-9,13-14H,10-12H2,(H,19,21). The highest BCUT2D eigenvalue weighted by atomic mass is 16.1. The third kappa shape index (κ3) is 2.97. The topological polar surface area (TPSA) is 34.0 Å². The zero-order chi connectivity index (χ0) is 14.5. The average molecular weight is 278 g/mol. The maximum absolute atomic E-state index is 10.4. The predicted octanol–water partition coefficient (Wildman–Crippen LogP) is 2.98. The van der Waals surface area contributed by atoms with E-state index in [0.29, 0.717) is 6.54 Å². The highest BCUT2D eigenvalue weighted by Crippen LogP contribution is 2.22. The number of rotatable bonds is 6. The second-order valence-electron chi connectivity index (χ2n) is 5.11. The smallest absolute Gasteiger partial charge is 0.207 e. The van der Waals surface area contributed by atoms with Crippen molar-refractivity contribution in [1.29, 1.82) is 0 Å². The molecule has 0 aliphatic carbocycles. The van der Waals surface area contributed by atoms with Gasteiger partial charge in [-0.15, -0.1) is 0 Å². The summed E-state index contributed by atoms with van der Waals surface area (Å²) in [5, 5.41) is 4.00. The van der Waals surface area contributed by atoms with E-state index in [1.807, 2.05) is 6.07 Å². The Morgan fingerprint density at radius 1 is 1.00 bits per heavy atom. The van der Waals surface area contributed by atoms with Crippen molar-refractivity contribution in [3.05, 3.63) is 71.9 Å². The second-order valence-corrected chi connectivity index (χ2v) is 5.11. The van der Waals surface area contributed by atoms with Gasteiger partial charge in [-0.2, -0.15) is 0 Å². The van der Waals surface area contributed by atoms with Crippen molar-refractivity contribution in [2.75, 3.05) is 6.54 Å². The molecular weight excluding hydrogens is 260 g/mol. The van der Waals surface area contributed by atoms with Crippen molar-refractivity contribution in [2.24, 2.45) is 0 Å². The van der Waals surface area contributed by atoms with Crippen molar-refractivity contribution in [1.82, 2.24) is 9.88 Å².